The molecule has 3 heterocycles. The van der Waals surface area contributed by atoms with E-state index in [1.807, 2.05) is 19.1 Å². The van der Waals surface area contributed by atoms with E-state index < -0.39 is 5.92 Å². The number of allylic oxidation sites excluding steroid dienone is 3. The second-order valence-corrected chi connectivity index (χ2v) is 12.1. The molecule has 1 amide bonds. The molecule has 3 N–H and O–H groups in total. The highest BCUT2D eigenvalue weighted by atomic mass is 35.5. The van der Waals surface area contributed by atoms with Crippen LogP contribution in [0.5, 0.6) is 0 Å². The van der Waals surface area contributed by atoms with Crippen LogP contribution >= 0.6 is 46.0 Å². The van der Waals surface area contributed by atoms with E-state index >= 15 is 0 Å². The van der Waals surface area contributed by atoms with Gasteiger partial charge in [-0.1, -0.05) is 65.1 Å². The van der Waals surface area contributed by atoms with E-state index in [9.17, 15) is 14.9 Å². The van der Waals surface area contributed by atoms with Gasteiger partial charge < -0.3 is 5.73 Å². The van der Waals surface area contributed by atoms with Gasteiger partial charge in [0.15, 0.2) is 10.1 Å². The van der Waals surface area contributed by atoms with Crippen LogP contribution in [0.3, 0.4) is 0 Å². The molecule has 194 valence electrons. The molecule has 0 saturated carbocycles. The summed E-state index contributed by atoms with van der Waals surface area (Å²) in [5.74, 6) is -0.501. The molecule has 1 aliphatic carbocycles. The highest BCUT2D eigenvalue weighted by molar-refractivity contribution is 8.01. The molecule has 2 aliphatic rings. The number of carbonyl (C=O) groups excluding carboxylic acids is 2. The van der Waals surface area contributed by atoms with Crippen molar-refractivity contribution < 1.29 is 9.59 Å². The van der Waals surface area contributed by atoms with Crippen LogP contribution in [0.1, 0.15) is 42.7 Å². The standard InChI is InChI=1S/C24H21ClN8O2S3/c1-2-18-29-30-22(37-18)28-17(35)11-36-24-32-31-23(38-24)33-15-4-3-5-16(34)20(15)19(14(10-26)21(33)27)12-6-8-13(25)9-7-12/h6-9,19H,2-5,11,27H2,1H3,(H,28,30,35). The van der Waals surface area contributed by atoms with E-state index in [1.165, 1.54) is 34.4 Å². The number of carbonyl (C=O) groups is 2. The lowest BCUT2D eigenvalue weighted by Crippen LogP contribution is -2.38. The fourth-order valence-corrected chi connectivity index (χ4v) is 6.88. The van der Waals surface area contributed by atoms with Gasteiger partial charge in [-0.2, -0.15) is 5.26 Å². The van der Waals surface area contributed by atoms with Gasteiger partial charge in [0.05, 0.1) is 23.3 Å². The summed E-state index contributed by atoms with van der Waals surface area (Å²) in [6, 6.07) is 9.33. The third-order valence-electron chi connectivity index (χ3n) is 6.05. The number of Topliss-reactive ketones (excluding diaryl/α,β-unsaturated/α-hetero) is 1. The number of nitrogens with zero attached hydrogens (tertiary/aromatic N) is 6. The molecule has 10 nitrogen and oxygen atoms in total. The lowest BCUT2D eigenvalue weighted by Gasteiger charge is -2.38. The third kappa shape index (κ3) is 5.17. The number of hydrogen-bond donors (Lipinski definition) is 2. The van der Waals surface area contributed by atoms with E-state index in [1.54, 1.807) is 17.0 Å². The van der Waals surface area contributed by atoms with E-state index in [2.05, 4.69) is 31.8 Å². The van der Waals surface area contributed by atoms with Crippen molar-refractivity contribution in [2.45, 2.75) is 42.9 Å². The Bertz CT molecular complexity index is 1510. The number of aryl methyl sites for hydroxylation is 1. The maximum absolute atomic E-state index is 13.2. The van der Waals surface area contributed by atoms with E-state index in [4.69, 9.17) is 17.3 Å². The minimum absolute atomic E-state index is 0.0184. The third-order valence-corrected chi connectivity index (χ3v) is 9.32. The number of nitriles is 1. The number of halogens is 1. The van der Waals surface area contributed by atoms with Gasteiger partial charge in [-0.25, -0.2) is 0 Å². The number of ketones is 1. The zero-order valence-corrected chi connectivity index (χ0v) is 23.3. The molecule has 0 fully saturated rings. The Hall–Kier alpha value is -3.31. The maximum atomic E-state index is 13.2. The van der Waals surface area contributed by atoms with Gasteiger partial charge in [0, 0.05) is 22.7 Å². The van der Waals surface area contributed by atoms with Crippen LogP contribution in [0.25, 0.3) is 0 Å². The molecule has 1 unspecified atom stereocenters. The van der Waals surface area contributed by atoms with Crippen LogP contribution in [-0.2, 0) is 16.0 Å². The number of aromatic nitrogens is 4. The van der Waals surface area contributed by atoms with Crippen molar-refractivity contribution in [1.82, 2.24) is 20.4 Å². The molecular weight excluding hydrogens is 564 g/mol. The molecule has 14 heteroatoms. The topological polar surface area (TPSA) is 151 Å². The average Bonchev–Trinajstić information content (AvgIpc) is 3.57. The van der Waals surface area contributed by atoms with Crippen molar-refractivity contribution in [2.75, 3.05) is 16.0 Å². The van der Waals surface area contributed by atoms with Gasteiger partial charge in [-0.05, 0) is 37.0 Å². The predicted octanol–water partition coefficient (Wildman–Crippen LogP) is 4.64. The maximum Gasteiger partial charge on any atom is 0.236 e. The highest BCUT2D eigenvalue weighted by Gasteiger charge is 2.41. The summed E-state index contributed by atoms with van der Waals surface area (Å²) >= 11 is 9.89. The Labute approximate surface area is 235 Å². The number of nitrogens with one attached hydrogen (secondary N) is 1. The quantitative estimate of drug-likeness (QED) is 0.376. The summed E-state index contributed by atoms with van der Waals surface area (Å²) in [4.78, 5) is 27.3. The first kappa shape index (κ1) is 26.3. The smallest absolute Gasteiger partial charge is 0.236 e. The van der Waals surface area contributed by atoms with Crippen molar-refractivity contribution in [3.05, 3.63) is 62.5 Å². The summed E-state index contributed by atoms with van der Waals surface area (Å²) < 4.78 is 0.553. The number of anilines is 2. The van der Waals surface area contributed by atoms with Crippen LogP contribution in [0, 0.1) is 11.3 Å². The van der Waals surface area contributed by atoms with Gasteiger partial charge >= 0.3 is 0 Å². The SMILES string of the molecule is CCc1nnc(NC(=O)CSc2nnc(N3C(N)=C(C#N)C(c4ccc(Cl)cc4)C4=C3CCCC4=O)s2)s1. The number of hydrogen-bond acceptors (Lipinski definition) is 12. The minimum Gasteiger partial charge on any atom is -0.384 e. The molecule has 0 bridgehead atoms. The molecule has 2 aromatic heterocycles. The molecule has 5 rings (SSSR count). The lowest BCUT2D eigenvalue weighted by molar-refractivity contribution is -0.116. The number of rotatable bonds is 7. The van der Waals surface area contributed by atoms with Gasteiger partial charge in [-0.3, -0.25) is 19.8 Å². The summed E-state index contributed by atoms with van der Waals surface area (Å²) in [6.45, 7) is 1.97. The molecular formula is C24H21ClN8O2S3. The van der Waals surface area contributed by atoms with Crippen LogP contribution in [0.4, 0.5) is 10.3 Å². The molecule has 0 saturated heterocycles. The molecule has 1 aliphatic heterocycles. The van der Waals surface area contributed by atoms with Crippen LogP contribution in [0.2, 0.25) is 5.02 Å². The second-order valence-electron chi connectivity index (χ2n) is 8.41. The first-order valence-corrected chi connectivity index (χ1v) is 14.7. The number of amides is 1. The molecule has 3 aromatic rings. The Morgan fingerprint density at radius 3 is 2.74 bits per heavy atom. The summed E-state index contributed by atoms with van der Waals surface area (Å²) in [6.07, 6.45) is 2.43. The zero-order valence-electron chi connectivity index (χ0n) is 20.1. The number of benzene rings is 1. The van der Waals surface area contributed by atoms with Gasteiger partial charge in [0.1, 0.15) is 10.8 Å². The lowest BCUT2D eigenvalue weighted by atomic mass is 9.76. The monoisotopic (exact) mass is 584 g/mol. The molecule has 1 atom stereocenters. The van der Waals surface area contributed by atoms with Crippen LogP contribution in [-0.4, -0.2) is 37.8 Å². The Morgan fingerprint density at radius 2 is 2.03 bits per heavy atom. The normalized spacial score (nSPS) is 17.4. The summed E-state index contributed by atoms with van der Waals surface area (Å²) in [5.41, 5.74) is 8.90. The van der Waals surface area contributed by atoms with E-state index in [0.717, 1.165) is 22.7 Å². The van der Waals surface area contributed by atoms with Gasteiger partial charge in [0.25, 0.3) is 0 Å². The summed E-state index contributed by atoms with van der Waals surface area (Å²) in [5, 5.41) is 31.6. The van der Waals surface area contributed by atoms with Gasteiger partial charge in [-0.15, -0.1) is 20.4 Å². The van der Waals surface area contributed by atoms with E-state index in [0.29, 0.717) is 44.5 Å². The predicted molar refractivity (Wildman–Crippen MR) is 148 cm³/mol. The van der Waals surface area contributed by atoms with Crippen molar-refractivity contribution in [3.8, 4) is 6.07 Å². The average molecular weight is 585 g/mol. The minimum atomic E-state index is -0.574. The largest absolute Gasteiger partial charge is 0.384 e. The fraction of sp³-hybridized carbons (Fsp3) is 0.292. The van der Waals surface area contributed by atoms with Crippen molar-refractivity contribution in [1.29, 1.82) is 5.26 Å². The van der Waals surface area contributed by atoms with Crippen molar-refractivity contribution in [3.63, 3.8) is 0 Å². The molecule has 38 heavy (non-hydrogen) atoms. The molecule has 0 radical (unpaired) electrons. The van der Waals surface area contributed by atoms with Crippen molar-refractivity contribution in [2.24, 2.45) is 5.73 Å². The fourth-order valence-electron chi connectivity index (χ4n) is 4.37. The van der Waals surface area contributed by atoms with Crippen molar-refractivity contribution >= 4 is 68.0 Å². The Morgan fingerprint density at radius 1 is 1.24 bits per heavy atom. The van der Waals surface area contributed by atoms with Crippen LogP contribution < -0.4 is 16.0 Å². The molecule has 0 spiro atoms. The number of thioether (sulfide) groups is 1. The summed E-state index contributed by atoms with van der Waals surface area (Å²) in [7, 11) is 0. The molecule has 1 aromatic carbocycles. The van der Waals surface area contributed by atoms with Crippen LogP contribution in [0.15, 0.2) is 51.3 Å². The highest BCUT2D eigenvalue weighted by Crippen LogP contribution is 2.47. The van der Waals surface area contributed by atoms with Gasteiger partial charge in [0.2, 0.25) is 16.2 Å². The Kier molecular flexibility index (Phi) is 7.75. The number of nitrogens with two attached hydrogens (primary N) is 1. The van der Waals surface area contributed by atoms with E-state index in [-0.39, 0.29) is 28.8 Å². The Balaban J connectivity index is 1.41. The first-order valence-electron chi connectivity index (χ1n) is 11.7. The second kappa shape index (κ2) is 11.2. The first-order chi connectivity index (χ1) is 18.4. The zero-order chi connectivity index (χ0) is 26.8.